The monoisotopic (exact) mass is 394 g/mol. The Morgan fingerprint density at radius 1 is 1.14 bits per heavy atom. The Morgan fingerprint density at radius 2 is 1.90 bits per heavy atom. The van der Waals surface area contributed by atoms with Gasteiger partial charge >= 0.3 is 0 Å². The third-order valence-electron chi connectivity index (χ3n) is 5.20. The molecule has 5 nitrogen and oxygen atoms in total. The molecule has 0 aromatic heterocycles. The number of carbonyl (C=O) groups is 2. The van der Waals surface area contributed by atoms with Crippen LogP contribution in [0, 0.1) is 6.92 Å². The molecule has 1 atom stereocenters. The fourth-order valence-corrected chi connectivity index (χ4v) is 3.47. The number of nitrogens with one attached hydrogen (secondary N) is 1. The molecule has 2 aromatic rings. The largest absolute Gasteiger partial charge is 0.479 e. The molecule has 1 N–H and O–H groups in total. The van der Waals surface area contributed by atoms with Gasteiger partial charge in [-0.3, -0.25) is 9.59 Å². The van der Waals surface area contributed by atoms with E-state index in [1.807, 2.05) is 25.1 Å². The Bertz CT molecular complexity index is 861. The van der Waals surface area contributed by atoms with E-state index in [9.17, 15) is 9.59 Å². The summed E-state index contributed by atoms with van der Waals surface area (Å²) in [6.45, 7) is 6.63. The number of aryl methyl sites for hydroxylation is 2. The number of hydrogen-bond acceptors (Lipinski definition) is 3. The minimum Gasteiger partial charge on any atom is -0.479 e. The molecule has 1 heterocycles. The number of rotatable bonds is 8. The number of unbranched alkanes of at least 4 members (excludes halogenated alkanes) is 2. The van der Waals surface area contributed by atoms with Gasteiger partial charge in [0.25, 0.3) is 5.91 Å². The zero-order valence-corrected chi connectivity index (χ0v) is 17.5. The SMILES string of the molecule is CCCCCN1C(=O)C(C)Oc2ccc(NC(=O)CCc3ccc(C)cc3)cc21. The van der Waals surface area contributed by atoms with E-state index in [1.165, 1.54) is 5.56 Å². The van der Waals surface area contributed by atoms with Crippen LogP contribution in [0.3, 0.4) is 0 Å². The van der Waals surface area contributed by atoms with Crippen LogP contribution in [-0.2, 0) is 16.0 Å². The molecular weight excluding hydrogens is 364 g/mol. The molecule has 0 fully saturated rings. The van der Waals surface area contributed by atoms with Crippen LogP contribution >= 0.6 is 0 Å². The van der Waals surface area contributed by atoms with E-state index in [1.54, 1.807) is 11.8 Å². The molecule has 1 unspecified atom stereocenters. The van der Waals surface area contributed by atoms with E-state index in [4.69, 9.17) is 4.74 Å². The van der Waals surface area contributed by atoms with E-state index in [0.29, 0.717) is 30.8 Å². The van der Waals surface area contributed by atoms with Gasteiger partial charge in [-0.15, -0.1) is 0 Å². The van der Waals surface area contributed by atoms with Crippen LogP contribution in [0.25, 0.3) is 0 Å². The van der Waals surface area contributed by atoms with Gasteiger partial charge in [-0.1, -0.05) is 49.6 Å². The first kappa shape index (κ1) is 20.9. The second-order valence-corrected chi connectivity index (χ2v) is 7.67. The molecule has 5 heteroatoms. The first-order valence-electron chi connectivity index (χ1n) is 10.5. The Morgan fingerprint density at radius 3 is 2.62 bits per heavy atom. The minimum atomic E-state index is -0.487. The van der Waals surface area contributed by atoms with Crippen LogP contribution in [0.2, 0.25) is 0 Å². The van der Waals surface area contributed by atoms with E-state index in [2.05, 4.69) is 36.5 Å². The minimum absolute atomic E-state index is 0.0311. The van der Waals surface area contributed by atoms with Crippen LogP contribution in [0.15, 0.2) is 42.5 Å². The van der Waals surface area contributed by atoms with E-state index >= 15 is 0 Å². The first-order chi connectivity index (χ1) is 14.0. The molecule has 154 valence electrons. The third kappa shape index (κ3) is 5.37. The Kier molecular flexibility index (Phi) is 6.91. The molecule has 0 radical (unpaired) electrons. The maximum absolute atomic E-state index is 12.6. The summed E-state index contributed by atoms with van der Waals surface area (Å²) in [5.41, 5.74) is 3.78. The summed E-state index contributed by atoms with van der Waals surface area (Å²) in [5, 5.41) is 2.96. The van der Waals surface area contributed by atoms with Crippen LogP contribution in [0.5, 0.6) is 5.75 Å². The van der Waals surface area contributed by atoms with Crippen LogP contribution in [-0.4, -0.2) is 24.5 Å². The summed E-state index contributed by atoms with van der Waals surface area (Å²) in [5.74, 6) is 0.613. The number of fused-ring (bicyclic) bond motifs is 1. The number of nitrogens with zero attached hydrogens (tertiary/aromatic N) is 1. The lowest BCUT2D eigenvalue weighted by Gasteiger charge is -2.33. The molecular formula is C24H30N2O3. The molecule has 0 spiro atoms. The molecule has 29 heavy (non-hydrogen) atoms. The second kappa shape index (κ2) is 9.59. The van der Waals surface area contributed by atoms with Gasteiger partial charge in [-0.25, -0.2) is 0 Å². The summed E-state index contributed by atoms with van der Waals surface area (Å²) >= 11 is 0. The van der Waals surface area contributed by atoms with Crippen molar-refractivity contribution in [3.8, 4) is 5.75 Å². The molecule has 0 saturated heterocycles. The van der Waals surface area contributed by atoms with Gasteiger partial charge < -0.3 is 15.0 Å². The van der Waals surface area contributed by atoms with Gasteiger partial charge in [-0.2, -0.15) is 0 Å². The number of amides is 2. The van der Waals surface area contributed by atoms with Crippen molar-refractivity contribution in [3.63, 3.8) is 0 Å². The molecule has 0 saturated carbocycles. The highest BCUT2D eigenvalue weighted by atomic mass is 16.5. The first-order valence-corrected chi connectivity index (χ1v) is 10.5. The predicted octanol–water partition coefficient (Wildman–Crippen LogP) is 4.87. The lowest BCUT2D eigenvalue weighted by Crippen LogP contribution is -2.44. The topological polar surface area (TPSA) is 58.6 Å². The van der Waals surface area contributed by atoms with Gasteiger partial charge in [0.1, 0.15) is 5.75 Å². The van der Waals surface area contributed by atoms with E-state index in [0.717, 1.165) is 30.5 Å². The van der Waals surface area contributed by atoms with Crippen molar-refractivity contribution in [3.05, 3.63) is 53.6 Å². The molecule has 1 aliphatic rings. The second-order valence-electron chi connectivity index (χ2n) is 7.67. The van der Waals surface area contributed by atoms with Crippen molar-refractivity contribution in [2.24, 2.45) is 0 Å². The number of anilines is 2. The fourth-order valence-electron chi connectivity index (χ4n) is 3.47. The summed E-state index contributed by atoms with van der Waals surface area (Å²) in [6.07, 6.45) is 3.73. The van der Waals surface area contributed by atoms with Crippen molar-refractivity contribution < 1.29 is 14.3 Å². The normalized spacial score (nSPS) is 15.6. The molecule has 2 aromatic carbocycles. The zero-order chi connectivity index (χ0) is 20.8. The number of carbonyl (C=O) groups excluding carboxylic acids is 2. The Balaban J connectivity index is 1.67. The zero-order valence-electron chi connectivity index (χ0n) is 17.5. The van der Waals surface area contributed by atoms with Crippen molar-refractivity contribution in [1.29, 1.82) is 0 Å². The van der Waals surface area contributed by atoms with Crippen LogP contribution in [0.1, 0.15) is 50.7 Å². The fraction of sp³-hybridized carbons (Fsp3) is 0.417. The number of benzene rings is 2. The molecule has 0 bridgehead atoms. The lowest BCUT2D eigenvalue weighted by atomic mass is 10.1. The van der Waals surface area contributed by atoms with Crippen molar-refractivity contribution in [2.45, 2.75) is 59.0 Å². The number of hydrogen-bond donors (Lipinski definition) is 1. The lowest BCUT2D eigenvalue weighted by molar-refractivity contribution is -0.125. The summed E-state index contributed by atoms with van der Waals surface area (Å²) in [7, 11) is 0. The van der Waals surface area contributed by atoms with Crippen LogP contribution in [0.4, 0.5) is 11.4 Å². The summed E-state index contributed by atoms with van der Waals surface area (Å²) in [6, 6.07) is 13.7. The van der Waals surface area contributed by atoms with Gasteiger partial charge in [0, 0.05) is 18.7 Å². The predicted molar refractivity (Wildman–Crippen MR) is 117 cm³/mol. The number of ether oxygens (including phenoxy) is 1. The van der Waals surface area contributed by atoms with E-state index in [-0.39, 0.29) is 11.8 Å². The van der Waals surface area contributed by atoms with E-state index < -0.39 is 6.10 Å². The highest BCUT2D eigenvalue weighted by molar-refractivity contribution is 6.01. The van der Waals surface area contributed by atoms with Crippen molar-refractivity contribution in [2.75, 3.05) is 16.8 Å². The van der Waals surface area contributed by atoms with Crippen molar-refractivity contribution in [1.82, 2.24) is 0 Å². The standard InChI is InChI=1S/C24H30N2O3/c1-4-5-6-15-26-21-16-20(12-13-22(21)29-18(3)24(26)28)25-23(27)14-11-19-9-7-17(2)8-10-19/h7-10,12-13,16,18H,4-6,11,14-15H2,1-3H3,(H,25,27). The highest BCUT2D eigenvalue weighted by Crippen LogP contribution is 2.36. The average Bonchev–Trinajstić information content (AvgIpc) is 2.71. The molecule has 2 amide bonds. The smallest absolute Gasteiger partial charge is 0.267 e. The maximum Gasteiger partial charge on any atom is 0.267 e. The highest BCUT2D eigenvalue weighted by Gasteiger charge is 2.31. The molecule has 1 aliphatic heterocycles. The average molecular weight is 395 g/mol. The van der Waals surface area contributed by atoms with Crippen LogP contribution < -0.4 is 15.0 Å². The summed E-state index contributed by atoms with van der Waals surface area (Å²) < 4.78 is 5.75. The maximum atomic E-state index is 12.6. The Labute approximate surface area is 173 Å². The van der Waals surface area contributed by atoms with Gasteiger partial charge in [0.15, 0.2) is 6.10 Å². The molecule has 3 rings (SSSR count). The quantitative estimate of drug-likeness (QED) is 0.650. The van der Waals surface area contributed by atoms with Gasteiger partial charge in [0.05, 0.1) is 5.69 Å². The van der Waals surface area contributed by atoms with Crippen molar-refractivity contribution >= 4 is 23.2 Å². The Hall–Kier alpha value is -2.82. The third-order valence-corrected chi connectivity index (χ3v) is 5.20. The van der Waals surface area contributed by atoms with Gasteiger partial charge in [0.2, 0.25) is 5.91 Å². The molecule has 0 aliphatic carbocycles. The summed E-state index contributed by atoms with van der Waals surface area (Å²) in [4.78, 5) is 26.8. The van der Waals surface area contributed by atoms with Gasteiger partial charge in [-0.05, 0) is 50.5 Å².